The lowest BCUT2D eigenvalue weighted by Crippen LogP contribution is -1.94. The van der Waals surface area contributed by atoms with Crippen LogP contribution in [0, 0.1) is 0 Å². The number of pyridine rings is 1. The van der Waals surface area contributed by atoms with Gasteiger partial charge in [0.15, 0.2) is 0 Å². The van der Waals surface area contributed by atoms with Gasteiger partial charge >= 0.3 is 0 Å². The van der Waals surface area contributed by atoms with Crippen LogP contribution in [0.25, 0.3) is 10.8 Å². The molecule has 4 heteroatoms. The van der Waals surface area contributed by atoms with Crippen molar-refractivity contribution in [2.45, 2.75) is 6.42 Å². The first-order chi connectivity index (χ1) is 9.72. The van der Waals surface area contributed by atoms with Gasteiger partial charge in [-0.15, -0.1) is 0 Å². The van der Waals surface area contributed by atoms with E-state index >= 15 is 0 Å². The Bertz CT molecular complexity index is 724. The Hall–Kier alpha value is -1.77. The number of benzene rings is 2. The zero-order chi connectivity index (χ0) is 13.9. The third kappa shape index (κ3) is 2.87. The fourth-order valence-electron chi connectivity index (χ4n) is 2.16. The van der Waals surface area contributed by atoms with Gasteiger partial charge < -0.3 is 0 Å². The summed E-state index contributed by atoms with van der Waals surface area (Å²) >= 11 is 11.3. The summed E-state index contributed by atoms with van der Waals surface area (Å²) in [6.45, 7) is 0. The normalized spacial score (nSPS) is 10.7. The Kier molecular flexibility index (Phi) is 3.77. The number of anilines is 1. The van der Waals surface area contributed by atoms with E-state index in [0.717, 1.165) is 27.1 Å². The van der Waals surface area contributed by atoms with Gasteiger partial charge in [-0.05, 0) is 29.1 Å². The van der Waals surface area contributed by atoms with Crippen molar-refractivity contribution >= 4 is 40.0 Å². The lowest BCUT2D eigenvalue weighted by molar-refractivity contribution is 1.09. The molecule has 0 bridgehead atoms. The molecule has 0 N–H and O–H groups in total. The highest BCUT2D eigenvalue weighted by Gasteiger charge is 2.02. The van der Waals surface area contributed by atoms with Crippen LogP contribution < -0.4 is 3.94 Å². The van der Waals surface area contributed by atoms with Crippen molar-refractivity contribution in [1.29, 1.82) is 0 Å². The highest BCUT2D eigenvalue weighted by molar-refractivity contribution is 6.49. The Morgan fingerprint density at radius 3 is 2.30 bits per heavy atom. The largest absolute Gasteiger partial charge is 0.260 e. The molecule has 100 valence electrons. The predicted molar refractivity (Wildman–Crippen MR) is 85.2 cm³/mol. The Labute approximate surface area is 127 Å². The maximum Gasteiger partial charge on any atom is 0.0710 e. The second-order valence-corrected chi connectivity index (χ2v) is 5.45. The molecular weight excluding hydrogens is 291 g/mol. The van der Waals surface area contributed by atoms with Crippen LogP contribution in [0.5, 0.6) is 0 Å². The van der Waals surface area contributed by atoms with E-state index in [1.807, 2.05) is 42.6 Å². The summed E-state index contributed by atoms with van der Waals surface area (Å²) in [5, 5.41) is 2.37. The van der Waals surface area contributed by atoms with Crippen molar-refractivity contribution in [3.8, 4) is 0 Å². The van der Waals surface area contributed by atoms with E-state index in [4.69, 9.17) is 23.6 Å². The minimum absolute atomic E-state index is 0.753. The molecule has 20 heavy (non-hydrogen) atoms. The highest BCUT2D eigenvalue weighted by atomic mass is 35.5. The molecular formula is C16H12Cl2N2. The molecule has 0 saturated carbocycles. The molecule has 0 atom stereocenters. The highest BCUT2D eigenvalue weighted by Crippen LogP contribution is 2.21. The van der Waals surface area contributed by atoms with Crippen LogP contribution in [0.3, 0.4) is 0 Å². The second kappa shape index (κ2) is 5.70. The van der Waals surface area contributed by atoms with Gasteiger partial charge in [0.25, 0.3) is 0 Å². The summed E-state index contributed by atoms with van der Waals surface area (Å²) in [5.74, 6) is 0. The van der Waals surface area contributed by atoms with Gasteiger partial charge in [0.1, 0.15) is 0 Å². The lowest BCUT2D eigenvalue weighted by Gasteiger charge is -2.07. The minimum atomic E-state index is 0.753. The average molecular weight is 303 g/mol. The summed E-state index contributed by atoms with van der Waals surface area (Å²) in [6.07, 6.45) is 2.70. The summed E-state index contributed by atoms with van der Waals surface area (Å²) < 4.78 is 1.05. The third-order valence-electron chi connectivity index (χ3n) is 3.20. The second-order valence-electron chi connectivity index (χ2n) is 4.60. The SMILES string of the molecule is ClN(Cl)c1ccc(Cc2cc3ccccc3cn2)cc1. The van der Waals surface area contributed by atoms with Crippen LogP contribution in [0.1, 0.15) is 11.3 Å². The summed E-state index contributed by atoms with van der Waals surface area (Å²) in [7, 11) is 0. The van der Waals surface area contributed by atoms with Gasteiger partial charge in [0, 0.05) is 47.3 Å². The number of nitrogens with zero attached hydrogens (tertiary/aromatic N) is 2. The topological polar surface area (TPSA) is 16.1 Å². The van der Waals surface area contributed by atoms with Crippen molar-refractivity contribution in [2.75, 3.05) is 3.94 Å². The predicted octanol–water partition coefficient (Wildman–Crippen LogP) is 4.94. The summed E-state index contributed by atoms with van der Waals surface area (Å²) in [5.41, 5.74) is 2.97. The first-order valence-electron chi connectivity index (χ1n) is 6.27. The molecule has 2 aromatic carbocycles. The van der Waals surface area contributed by atoms with Gasteiger partial charge in [0.2, 0.25) is 0 Å². The molecule has 2 nitrogen and oxygen atoms in total. The quantitative estimate of drug-likeness (QED) is 0.637. The lowest BCUT2D eigenvalue weighted by atomic mass is 10.1. The number of rotatable bonds is 3. The van der Waals surface area contributed by atoms with Gasteiger partial charge in [0.05, 0.1) is 5.69 Å². The van der Waals surface area contributed by atoms with E-state index in [1.165, 1.54) is 10.9 Å². The van der Waals surface area contributed by atoms with Crippen molar-refractivity contribution < 1.29 is 0 Å². The Morgan fingerprint density at radius 2 is 1.60 bits per heavy atom. The van der Waals surface area contributed by atoms with Gasteiger partial charge in [-0.2, -0.15) is 3.94 Å². The number of aromatic nitrogens is 1. The van der Waals surface area contributed by atoms with Crippen LogP contribution in [0.4, 0.5) is 5.69 Å². The molecule has 3 aromatic rings. The van der Waals surface area contributed by atoms with Crippen LogP contribution >= 0.6 is 23.6 Å². The molecule has 0 saturated heterocycles. The maximum absolute atomic E-state index is 5.67. The van der Waals surface area contributed by atoms with Gasteiger partial charge in [-0.3, -0.25) is 4.98 Å². The third-order valence-corrected chi connectivity index (χ3v) is 3.59. The Balaban J connectivity index is 1.85. The molecule has 0 amide bonds. The van der Waals surface area contributed by atoms with E-state index in [0.29, 0.717) is 0 Å². The molecule has 0 fully saturated rings. The van der Waals surface area contributed by atoms with E-state index in [1.54, 1.807) is 0 Å². The van der Waals surface area contributed by atoms with E-state index in [9.17, 15) is 0 Å². The van der Waals surface area contributed by atoms with E-state index in [-0.39, 0.29) is 0 Å². The molecule has 0 aliphatic heterocycles. The standard InChI is InChI=1S/C16H12Cl2N2/c17-20(18)16-7-5-12(6-8-16)9-15-10-13-3-1-2-4-14(13)11-19-15/h1-8,10-11H,9H2. The van der Waals surface area contributed by atoms with E-state index in [2.05, 4.69) is 23.2 Å². The minimum Gasteiger partial charge on any atom is -0.260 e. The van der Waals surface area contributed by atoms with Gasteiger partial charge in [-0.25, -0.2) is 0 Å². The number of fused-ring (bicyclic) bond motifs is 1. The maximum atomic E-state index is 5.67. The Morgan fingerprint density at radius 1 is 0.900 bits per heavy atom. The zero-order valence-electron chi connectivity index (χ0n) is 10.6. The van der Waals surface area contributed by atoms with Crippen molar-refractivity contribution in [3.05, 3.63) is 72.1 Å². The van der Waals surface area contributed by atoms with Crippen LogP contribution in [0.2, 0.25) is 0 Å². The molecule has 3 rings (SSSR count). The van der Waals surface area contributed by atoms with E-state index < -0.39 is 0 Å². The molecule has 1 heterocycles. The van der Waals surface area contributed by atoms with Crippen molar-refractivity contribution in [2.24, 2.45) is 0 Å². The van der Waals surface area contributed by atoms with Crippen LogP contribution in [-0.2, 0) is 6.42 Å². The fraction of sp³-hybridized carbons (Fsp3) is 0.0625. The monoisotopic (exact) mass is 302 g/mol. The molecule has 1 aromatic heterocycles. The van der Waals surface area contributed by atoms with Crippen LogP contribution in [-0.4, -0.2) is 4.98 Å². The van der Waals surface area contributed by atoms with Gasteiger partial charge in [-0.1, -0.05) is 36.4 Å². The molecule has 0 aliphatic carbocycles. The van der Waals surface area contributed by atoms with Crippen molar-refractivity contribution in [1.82, 2.24) is 4.98 Å². The van der Waals surface area contributed by atoms with Crippen molar-refractivity contribution in [3.63, 3.8) is 0 Å². The fourth-order valence-corrected chi connectivity index (χ4v) is 2.39. The zero-order valence-corrected chi connectivity index (χ0v) is 12.1. The average Bonchev–Trinajstić information content (AvgIpc) is 2.48. The smallest absolute Gasteiger partial charge is 0.0710 e. The molecule has 0 unspecified atom stereocenters. The number of hydrogen-bond acceptors (Lipinski definition) is 2. The first kappa shape index (κ1) is 13.2. The molecule has 0 aliphatic rings. The number of hydrogen-bond donors (Lipinski definition) is 0. The summed E-state index contributed by atoms with van der Waals surface area (Å²) in [4.78, 5) is 4.50. The first-order valence-corrected chi connectivity index (χ1v) is 6.94. The molecule has 0 spiro atoms. The number of halogens is 2. The van der Waals surface area contributed by atoms with Crippen LogP contribution in [0.15, 0.2) is 60.8 Å². The summed E-state index contributed by atoms with van der Waals surface area (Å²) in [6, 6.07) is 18.1. The molecule has 0 radical (unpaired) electrons.